The number of nitrogens with zero attached hydrogens (tertiary/aromatic N) is 3. The Bertz CT molecular complexity index is 603. The fourth-order valence-electron chi connectivity index (χ4n) is 2.36. The normalized spacial score (nSPS) is 13.7. The Balaban J connectivity index is 1.99. The molecule has 0 saturated heterocycles. The van der Waals surface area contributed by atoms with E-state index in [1.807, 2.05) is 6.07 Å². The summed E-state index contributed by atoms with van der Waals surface area (Å²) in [5.74, 6) is 1.44. The van der Waals surface area contributed by atoms with Crippen molar-refractivity contribution in [3.8, 4) is 0 Å². The molecule has 0 N–H and O–H groups in total. The first kappa shape index (κ1) is 12.4. The smallest absolute Gasteiger partial charge is 0.158 e. The molecule has 0 amide bonds. The molecule has 0 fully saturated rings. The minimum Gasteiger partial charge on any atom is -0.377 e. The van der Waals surface area contributed by atoms with Gasteiger partial charge in [-0.15, -0.1) is 0 Å². The van der Waals surface area contributed by atoms with Gasteiger partial charge in [-0.2, -0.15) is 0 Å². The largest absolute Gasteiger partial charge is 0.377 e. The van der Waals surface area contributed by atoms with Crippen LogP contribution in [0.3, 0.4) is 0 Å². The number of aromatic nitrogens is 2. The highest BCUT2D eigenvalue weighted by Crippen LogP contribution is 2.33. The lowest BCUT2D eigenvalue weighted by atomic mass is 10.2. The standard InChI is InChI=1S/C14H14ClN3O/c1-19-9-13-16-12(15)8-14(17-13)18-7-6-10-4-2-3-5-11(10)18/h2-5,8H,6-7,9H2,1H3. The molecule has 1 aromatic carbocycles. The highest BCUT2D eigenvalue weighted by atomic mass is 35.5. The first-order valence-corrected chi connectivity index (χ1v) is 6.53. The van der Waals surface area contributed by atoms with Crippen molar-refractivity contribution >= 4 is 23.1 Å². The average molecular weight is 276 g/mol. The van der Waals surface area contributed by atoms with Crippen LogP contribution in [0.25, 0.3) is 0 Å². The molecular weight excluding hydrogens is 262 g/mol. The fourth-order valence-corrected chi connectivity index (χ4v) is 2.55. The topological polar surface area (TPSA) is 38.2 Å². The van der Waals surface area contributed by atoms with Gasteiger partial charge in [-0.1, -0.05) is 29.8 Å². The van der Waals surface area contributed by atoms with Crippen molar-refractivity contribution in [1.29, 1.82) is 0 Å². The van der Waals surface area contributed by atoms with Crippen molar-refractivity contribution in [2.45, 2.75) is 13.0 Å². The molecule has 0 radical (unpaired) electrons. The Morgan fingerprint density at radius 1 is 1.32 bits per heavy atom. The molecule has 5 heteroatoms. The molecule has 0 bridgehead atoms. The molecule has 2 heterocycles. The Hall–Kier alpha value is -1.65. The molecule has 0 spiro atoms. The van der Waals surface area contributed by atoms with E-state index >= 15 is 0 Å². The number of benzene rings is 1. The molecule has 3 rings (SSSR count). The van der Waals surface area contributed by atoms with E-state index in [1.54, 1.807) is 13.2 Å². The zero-order chi connectivity index (χ0) is 13.2. The van der Waals surface area contributed by atoms with Crippen LogP contribution in [0, 0.1) is 0 Å². The van der Waals surface area contributed by atoms with E-state index in [9.17, 15) is 0 Å². The van der Waals surface area contributed by atoms with Gasteiger partial charge in [-0.05, 0) is 18.1 Å². The maximum Gasteiger partial charge on any atom is 0.158 e. The van der Waals surface area contributed by atoms with Gasteiger partial charge in [-0.25, -0.2) is 9.97 Å². The lowest BCUT2D eigenvalue weighted by molar-refractivity contribution is 0.178. The summed E-state index contributed by atoms with van der Waals surface area (Å²) >= 11 is 6.06. The van der Waals surface area contributed by atoms with Crippen molar-refractivity contribution < 1.29 is 4.74 Å². The molecule has 98 valence electrons. The number of hydrogen-bond donors (Lipinski definition) is 0. The number of halogens is 1. The van der Waals surface area contributed by atoms with Crippen molar-refractivity contribution in [3.63, 3.8) is 0 Å². The minimum atomic E-state index is 0.364. The average Bonchev–Trinajstić information content (AvgIpc) is 2.82. The lowest BCUT2D eigenvalue weighted by Crippen LogP contribution is -2.16. The van der Waals surface area contributed by atoms with E-state index in [0.717, 1.165) is 18.8 Å². The zero-order valence-corrected chi connectivity index (χ0v) is 11.4. The molecule has 4 nitrogen and oxygen atoms in total. The zero-order valence-electron chi connectivity index (χ0n) is 10.6. The predicted octanol–water partition coefficient (Wildman–Crippen LogP) is 2.97. The molecule has 1 aromatic heterocycles. The van der Waals surface area contributed by atoms with Crippen LogP contribution < -0.4 is 4.90 Å². The van der Waals surface area contributed by atoms with Crippen LogP contribution in [0.5, 0.6) is 0 Å². The summed E-state index contributed by atoms with van der Waals surface area (Å²) in [6, 6.07) is 10.1. The second-order valence-corrected chi connectivity index (χ2v) is 4.82. The molecular formula is C14H14ClN3O. The van der Waals surface area contributed by atoms with Crippen molar-refractivity contribution in [2.75, 3.05) is 18.6 Å². The van der Waals surface area contributed by atoms with Gasteiger partial charge in [0.15, 0.2) is 5.82 Å². The monoisotopic (exact) mass is 275 g/mol. The summed E-state index contributed by atoms with van der Waals surface area (Å²) < 4.78 is 5.07. The molecule has 2 aromatic rings. The second kappa shape index (κ2) is 5.15. The number of rotatable bonds is 3. The highest BCUT2D eigenvalue weighted by Gasteiger charge is 2.21. The van der Waals surface area contributed by atoms with Crippen LogP contribution in [0.1, 0.15) is 11.4 Å². The van der Waals surface area contributed by atoms with Crippen LogP contribution in [-0.4, -0.2) is 23.6 Å². The Kier molecular flexibility index (Phi) is 3.36. The van der Waals surface area contributed by atoms with Crippen LogP contribution >= 0.6 is 11.6 Å². The van der Waals surface area contributed by atoms with Crippen molar-refractivity contribution in [3.05, 3.63) is 46.9 Å². The third-order valence-corrected chi connectivity index (χ3v) is 3.36. The maximum absolute atomic E-state index is 6.06. The second-order valence-electron chi connectivity index (χ2n) is 4.43. The number of anilines is 2. The summed E-state index contributed by atoms with van der Waals surface area (Å²) in [6.45, 7) is 1.28. The summed E-state index contributed by atoms with van der Waals surface area (Å²) in [4.78, 5) is 10.8. The lowest BCUT2D eigenvalue weighted by Gasteiger charge is -2.19. The van der Waals surface area contributed by atoms with Gasteiger partial charge in [0.05, 0.1) is 0 Å². The Labute approximate surface area is 117 Å². The van der Waals surface area contributed by atoms with Crippen LogP contribution in [0.2, 0.25) is 5.15 Å². The first-order valence-electron chi connectivity index (χ1n) is 6.16. The summed E-state index contributed by atoms with van der Waals surface area (Å²) in [7, 11) is 1.62. The van der Waals surface area contributed by atoms with Crippen molar-refractivity contribution in [2.24, 2.45) is 0 Å². The Morgan fingerprint density at radius 2 is 2.16 bits per heavy atom. The van der Waals surface area contributed by atoms with E-state index in [4.69, 9.17) is 16.3 Å². The molecule has 0 aliphatic carbocycles. The quantitative estimate of drug-likeness (QED) is 0.807. The van der Waals surface area contributed by atoms with Gasteiger partial charge in [0.25, 0.3) is 0 Å². The Morgan fingerprint density at radius 3 is 3.00 bits per heavy atom. The molecule has 0 atom stereocenters. The van der Waals surface area contributed by atoms with Crippen LogP contribution in [-0.2, 0) is 17.8 Å². The van der Waals surface area contributed by atoms with Gasteiger partial charge < -0.3 is 9.64 Å². The molecule has 1 aliphatic heterocycles. The van der Waals surface area contributed by atoms with E-state index in [1.165, 1.54) is 11.3 Å². The maximum atomic E-state index is 6.06. The predicted molar refractivity (Wildman–Crippen MR) is 74.9 cm³/mol. The number of hydrogen-bond acceptors (Lipinski definition) is 4. The van der Waals surface area contributed by atoms with Gasteiger partial charge in [0.1, 0.15) is 17.6 Å². The molecule has 19 heavy (non-hydrogen) atoms. The van der Waals surface area contributed by atoms with E-state index < -0.39 is 0 Å². The van der Waals surface area contributed by atoms with E-state index in [-0.39, 0.29) is 0 Å². The van der Waals surface area contributed by atoms with Crippen LogP contribution in [0.4, 0.5) is 11.5 Å². The fraction of sp³-hybridized carbons (Fsp3) is 0.286. The van der Waals surface area contributed by atoms with Gasteiger partial charge in [0, 0.05) is 25.4 Å². The van der Waals surface area contributed by atoms with Gasteiger partial charge >= 0.3 is 0 Å². The van der Waals surface area contributed by atoms with Gasteiger partial charge in [-0.3, -0.25) is 0 Å². The highest BCUT2D eigenvalue weighted by molar-refractivity contribution is 6.29. The van der Waals surface area contributed by atoms with E-state index in [0.29, 0.717) is 17.6 Å². The number of para-hydroxylation sites is 1. The third kappa shape index (κ3) is 2.41. The molecule has 0 saturated carbocycles. The first-order chi connectivity index (χ1) is 9.28. The number of methoxy groups -OCH3 is 1. The summed E-state index contributed by atoms with van der Waals surface area (Å²) in [5, 5.41) is 0.446. The summed E-state index contributed by atoms with van der Waals surface area (Å²) in [5.41, 5.74) is 2.53. The SMILES string of the molecule is COCc1nc(Cl)cc(N2CCc3ccccc32)n1. The number of fused-ring (bicyclic) bond motifs is 1. The molecule has 1 aliphatic rings. The number of ether oxygens (including phenoxy) is 1. The third-order valence-electron chi connectivity index (χ3n) is 3.16. The van der Waals surface area contributed by atoms with Gasteiger partial charge in [0.2, 0.25) is 0 Å². The van der Waals surface area contributed by atoms with E-state index in [2.05, 4.69) is 33.1 Å². The minimum absolute atomic E-state index is 0.364. The molecule has 0 unspecified atom stereocenters. The van der Waals surface area contributed by atoms with Crippen LogP contribution in [0.15, 0.2) is 30.3 Å². The van der Waals surface area contributed by atoms with Crippen molar-refractivity contribution in [1.82, 2.24) is 9.97 Å². The summed E-state index contributed by atoms with van der Waals surface area (Å²) in [6.07, 6.45) is 1.03.